The van der Waals surface area contributed by atoms with Crippen LogP contribution in [0.1, 0.15) is 15.9 Å². The second-order valence-corrected chi connectivity index (χ2v) is 4.92. The van der Waals surface area contributed by atoms with Crippen molar-refractivity contribution < 1.29 is 18.7 Å². The van der Waals surface area contributed by atoms with Crippen molar-refractivity contribution in [1.82, 2.24) is 5.32 Å². The number of nitrogens with two attached hydrogens (primary N) is 1. The monoisotopic (exact) mass is 316 g/mol. The topological polar surface area (TPSA) is 81.4 Å². The highest BCUT2D eigenvalue weighted by atomic mass is 19.1. The zero-order valence-electron chi connectivity index (χ0n) is 12.6. The molecule has 120 valence electrons. The van der Waals surface area contributed by atoms with E-state index >= 15 is 0 Å². The van der Waals surface area contributed by atoms with Crippen LogP contribution in [0, 0.1) is 5.82 Å². The van der Waals surface area contributed by atoms with Crippen LogP contribution in [0.3, 0.4) is 0 Å². The van der Waals surface area contributed by atoms with Gasteiger partial charge in [-0.3, -0.25) is 9.59 Å². The molecule has 2 aromatic carbocycles. The Morgan fingerprint density at radius 1 is 1.17 bits per heavy atom. The van der Waals surface area contributed by atoms with Gasteiger partial charge < -0.3 is 15.8 Å². The van der Waals surface area contributed by atoms with Crippen LogP contribution in [0.5, 0.6) is 5.75 Å². The summed E-state index contributed by atoms with van der Waals surface area (Å²) in [5.41, 5.74) is 5.93. The number of benzene rings is 2. The number of carbonyl (C=O) groups is 2. The lowest BCUT2D eigenvalue weighted by molar-refractivity contribution is -0.119. The number of hydrogen-bond donors (Lipinski definition) is 2. The van der Waals surface area contributed by atoms with E-state index in [-0.39, 0.29) is 12.0 Å². The molecule has 2 rings (SSSR count). The summed E-state index contributed by atoms with van der Waals surface area (Å²) in [4.78, 5) is 23.8. The van der Waals surface area contributed by atoms with E-state index < -0.39 is 23.7 Å². The molecule has 3 N–H and O–H groups in total. The van der Waals surface area contributed by atoms with Crippen molar-refractivity contribution in [3.63, 3.8) is 0 Å². The Morgan fingerprint density at radius 2 is 1.83 bits per heavy atom. The Kier molecular flexibility index (Phi) is 5.30. The molecule has 0 saturated carbocycles. The summed E-state index contributed by atoms with van der Waals surface area (Å²) in [6.45, 7) is 0. The maximum atomic E-state index is 13.6. The molecule has 23 heavy (non-hydrogen) atoms. The summed E-state index contributed by atoms with van der Waals surface area (Å²) in [5.74, 6) is -1.48. The average Bonchev–Trinajstić information content (AvgIpc) is 2.54. The average molecular weight is 316 g/mol. The van der Waals surface area contributed by atoms with Gasteiger partial charge in [-0.15, -0.1) is 0 Å². The lowest BCUT2D eigenvalue weighted by atomic mass is 10.0. The van der Waals surface area contributed by atoms with Crippen LogP contribution < -0.4 is 15.8 Å². The first-order chi connectivity index (χ1) is 11.0. The first-order valence-corrected chi connectivity index (χ1v) is 6.99. The van der Waals surface area contributed by atoms with Crippen molar-refractivity contribution in [1.29, 1.82) is 0 Å². The summed E-state index contributed by atoms with van der Waals surface area (Å²) in [5, 5.41) is 2.46. The van der Waals surface area contributed by atoms with Crippen molar-refractivity contribution in [2.24, 2.45) is 5.73 Å². The number of carbonyl (C=O) groups excluding carboxylic acids is 2. The Balaban J connectivity index is 2.18. The summed E-state index contributed by atoms with van der Waals surface area (Å²) < 4.78 is 18.9. The fraction of sp³-hybridized carbons (Fsp3) is 0.176. The van der Waals surface area contributed by atoms with Gasteiger partial charge in [-0.05, 0) is 23.8 Å². The molecule has 0 aliphatic carbocycles. The number of hydrogen-bond acceptors (Lipinski definition) is 3. The molecule has 0 bridgehead atoms. The van der Waals surface area contributed by atoms with Crippen molar-refractivity contribution in [2.45, 2.75) is 12.5 Å². The van der Waals surface area contributed by atoms with Gasteiger partial charge in [0.05, 0.1) is 12.7 Å². The number of halogens is 1. The summed E-state index contributed by atoms with van der Waals surface area (Å²) in [7, 11) is 1.51. The number of ether oxygens (including phenoxy) is 1. The quantitative estimate of drug-likeness (QED) is 0.850. The Bertz CT molecular complexity index is 718. The molecule has 0 aliphatic heterocycles. The molecule has 0 aromatic heterocycles. The zero-order chi connectivity index (χ0) is 16.8. The van der Waals surface area contributed by atoms with E-state index in [9.17, 15) is 14.0 Å². The first-order valence-electron chi connectivity index (χ1n) is 6.99. The van der Waals surface area contributed by atoms with Crippen molar-refractivity contribution in [3.05, 3.63) is 65.5 Å². The molecule has 0 spiro atoms. The fourth-order valence-electron chi connectivity index (χ4n) is 2.20. The largest absolute Gasteiger partial charge is 0.496 e. The standard InChI is InChI=1S/C17H17FN2O3/c1-23-15-9-5-2-6-11(15)10-14(16(19)21)20-17(22)12-7-3-4-8-13(12)18/h2-9,14H,10H2,1H3,(H2,19,21)(H,20,22)/t14-/m0/s1. The van der Waals surface area contributed by atoms with Crippen LogP contribution in [-0.4, -0.2) is 25.0 Å². The van der Waals surface area contributed by atoms with E-state index in [4.69, 9.17) is 10.5 Å². The van der Waals surface area contributed by atoms with Gasteiger partial charge in [0, 0.05) is 6.42 Å². The van der Waals surface area contributed by atoms with E-state index in [1.807, 2.05) is 0 Å². The van der Waals surface area contributed by atoms with Crippen molar-refractivity contribution >= 4 is 11.8 Å². The van der Waals surface area contributed by atoms with Gasteiger partial charge in [0.25, 0.3) is 5.91 Å². The van der Waals surface area contributed by atoms with Gasteiger partial charge in [-0.2, -0.15) is 0 Å². The predicted octanol–water partition coefficient (Wildman–Crippen LogP) is 1.66. The summed E-state index contributed by atoms with van der Waals surface area (Å²) in [6, 6.07) is 11.6. The highest BCUT2D eigenvalue weighted by Gasteiger charge is 2.22. The number of methoxy groups -OCH3 is 1. The van der Waals surface area contributed by atoms with Gasteiger partial charge in [-0.1, -0.05) is 30.3 Å². The minimum absolute atomic E-state index is 0.140. The predicted molar refractivity (Wildman–Crippen MR) is 83.5 cm³/mol. The molecule has 0 heterocycles. The number of para-hydroxylation sites is 1. The molecule has 2 aromatic rings. The van der Waals surface area contributed by atoms with E-state index in [0.717, 1.165) is 0 Å². The summed E-state index contributed by atoms with van der Waals surface area (Å²) >= 11 is 0. The van der Waals surface area contributed by atoms with Crippen LogP contribution in [0.4, 0.5) is 4.39 Å². The number of nitrogens with one attached hydrogen (secondary N) is 1. The molecule has 0 aliphatic rings. The molecule has 0 radical (unpaired) electrons. The van der Waals surface area contributed by atoms with Gasteiger partial charge >= 0.3 is 0 Å². The van der Waals surface area contributed by atoms with Gasteiger partial charge in [0.1, 0.15) is 17.6 Å². The van der Waals surface area contributed by atoms with Crippen LogP contribution in [0.2, 0.25) is 0 Å². The molecule has 6 heteroatoms. The van der Waals surface area contributed by atoms with Gasteiger partial charge in [0.2, 0.25) is 5.91 Å². The van der Waals surface area contributed by atoms with E-state index in [1.165, 1.54) is 31.4 Å². The molecule has 2 amide bonds. The maximum Gasteiger partial charge on any atom is 0.254 e. The van der Waals surface area contributed by atoms with Crippen molar-refractivity contribution in [2.75, 3.05) is 7.11 Å². The molecular formula is C17H17FN2O3. The van der Waals surface area contributed by atoms with E-state index in [1.54, 1.807) is 24.3 Å². The molecule has 5 nitrogen and oxygen atoms in total. The third-order valence-electron chi connectivity index (χ3n) is 3.38. The SMILES string of the molecule is COc1ccccc1C[C@H](NC(=O)c1ccccc1F)C(N)=O. The normalized spacial score (nSPS) is 11.6. The van der Waals surface area contributed by atoms with Crippen LogP contribution in [-0.2, 0) is 11.2 Å². The second kappa shape index (κ2) is 7.40. The third kappa shape index (κ3) is 4.06. The molecule has 1 atom stereocenters. The number of rotatable bonds is 6. The zero-order valence-corrected chi connectivity index (χ0v) is 12.6. The third-order valence-corrected chi connectivity index (χ3v) is 3.38. The highest BCUT2D eigenvalue weighted by molar-refractivity contribution is 5.97. The van der Waals surface area contributed by atoms with E-state index in [0.29, 0.717) is 11.3 Å². The highest BCUT2D eigenvalue weighted by Crippen LogP contribution is 2.19. The first kappa shape index (κ1) is 16.5. The Labute approximate surface area is 133 Å². The van der Waals surface area contributed by atoms with Gasteiger partial charge in [0.15, 0.2) is 0 Å². The van der Waals surface area contributed by atoms with Crippen LogP contribution in [0.15, 0.2) is 48.5 Å². The fourth-order valence-corrected chi connectivity index (χ4v) is 2.20. The number of amides is 2. The summed E-state index contributed by atoms with van der Waals surface area (Å²) in [6.07, 6.45) is 0.152. The lowest BCUT2D eigenvalue weighted by Gasteiger charge is -2.17. The van der Waals surface area contributed by atoms with Crippen molar-refractivity contribution in [3.8, 4) is 5.75 Å². The van der Waals surface area contributed by atoms with Crippen LogP contribution >= 0.6 is 0 Å². The maximum absolute atomic E-state index is 13.6. The minimum atomic E-state index is -0.974. The minimum Gasteiger partial charge on any atom is -0.496 e. The second-order valence-electron chi connectivity index (χ2n) is 4.92. The molecular weight excluding hydrogens is 299 g/mol. The van der Waals surface area contributed by atoms with Gasteiger partial charge in [-0.25, -0.2) is 4.39 Å². The molecule has 0 unspecified atom stereocenters. The molecule has 0 fully saturated rings. The lowest BCUT2D eigenvalue weighted by Crippen LogP contribution is -2.46. The Hall–Kier alpha value is -2.89. The van der Waals surface area contributed by atoms with E-state index in [2.05, 4.69) is 5.32 Å². The number of primary amides is 1. The molecule has 0 saturated heterocycles. The van der Waals surface area contributed by atoms with Crippen LogP contribution in [0.25, 0.3) is 0 Å². The smallest absolute Gasteiger partial charge is 0.254 e. The Morgan fingerprint density at radius 3 is 2.48 bits per heavy atom.